The molecule has 5 heteroatoms. The summed E-state index contributed by atoms with van der Waals surface area (Å²) in [5.74, 6) is 0.420. The summed E-state index contributed by atoms with van der Waals surface area (Å²) >= 11 is 0. The standard InChI is InChI=1S/C13H27NO3S/c1-12(2,3)11-6-8-13(15,9-7-11)10-18(16,17)14(4)5/h11,15H,6-10H2,1-5H3. The number of nitrogens with zero attached hydrogens (tertiary/aromatic N) is 1. The van der Waals surface area contributed by atoms with Gasteiger partial charge in [0.2, 0.25) is 10.0 Å². The summed E-state index contributed by atoms with van der Waals surface area (Å²) in [5.41, 5.74) is -0.799. The molecule has 1 rings (SSSR count). The third-order valence-electron chi connectivity index (χ3n) is 4.15. The van der Waals surface area contributed by atoms with E-state index in [2.05, 4.69) is 20.8 Å². The van der Waals surface area contributed by atoms with Crippen LogP contribution in [0.5, 0.6) is 0 Å². The maximum Gasteiger partial charge on any atom is 0.216 e. The maximum atomic E-state index is 11.8. The SMILES string of the molecule is CN(C)S(=O)(=O)CC1(O)CCC(C(C)(C)C)CC1. The largest absolute Gasteiger partial charge is 0.389 e. The van der Waals surface area contributed by atoms with Crippen LogP contribution in [0.25, 0.3) is 0 Å². The van der Waals surface area contributed by atoms with Crippen LogP contribution >= 0.6 is 0 Å². The molecule has 0 aromatic rings. The lowest BCUT2D eigenvalue weighted by Crippen LogP contribution is -2.45. The molecule has 0 bridgehead atoms. The van der Waals surface area contributed by atoms with Crippen LogP contribution < -0.4 is 0 Å². The van der Waals surface area contributed by atoms with Gasteiger partial charge in [-0.25, -0.2) is 12.7 Å². The van der Waals surface area contributed by atoms with Gasteiger partial charge in [0.15, 0.2) is 0 Å². The summed E-state index contributed by atoms with van der Waals surface area (Å²) in [4.78, 5) is 0. The Bertz CT molecular complexity index is 374. The average molecular weight is 277 g/mol. The van der Waals surface area contributed by atoms with E-state index in [0.717, 1.165) is 12.8 Å². The van der Waals surface area contributed by atoms with E-state index in [9.17, 15) is 13.5 Å². The quantitative estimate of drug-likeness (QED) is 0.856. The molecule has 108 valence electrons. The van der Waals surface area contributed by atoms with E-state index >= 15 is 0 Å². The summed E-state index contributed by atoms with van der Waals surface area (Å²) in [5, 5.41) is 10.4. The predicted octanol–water partition coefficient (Wildman–Crippen LogP) is 1.85. The zero-order chi connectivity index (χ0) is 14.2. The van der Waals surface area contributed by atoms with Crippen LogP contribution in [0.1, 0.15) is 46.5 Å². The molecule has 0 spiro atoms. The lowest BCUT2D eigenvalue weighted by atomic mass is 9.69. The fourth-order valence-electron chi connectivity index (χ4n) is 2.63. The highest BCUT2D eigenvalue weighted by Crippen LogP contribution is 2.41. The number of hydrogen-bond donors (Lipinski definition) is 1. The average Bonchev–Trinajstić information content (AvgIpc) is 2.14. The van der Waals surface area contributed by atoms with Gasteiger partial charge in [-0.1, -0.05) is 20.8 Å². The van der Waals surface area contributed by atoms with Gasteiger partial charge in [-0.15, -0.1) is 0 Å². The first-order chi connectivity index (χ1) is 7.96. The second-order valence-electron chi connectivity index (χ2n) is 6.90. The van der Waals surface area contributed by atoms with Gasteiger partial charge in [-0.05, 0) is 37.0 Å². The van der Waals surface area contributed by atoms with Gasteiger partial charge in [0.25, 0.3) is 0 Å². The molecule has 0 aliphatic heterocycles. The number of hydrogen-bond acceptors (Lipinski definition) is 3. The molecule has 1 fully saturated rings. The Labute approximate surface area is 111 Å². The normalized spacial score (nSPS) is 30.7. The van der Waals surface area contributed by atoms with Gasteiger partial charge in [0, 0.05) is 14.1 Å². The number of rotatable bonds is 3. The third-order valence-corrected chi connectivity index (χ3v) is 6.16. The van der Waals surface area contributed by atoms with Crippen LogP contribution in [-0.2, 0) is 10.0 Å². The van der Waals surface area contributed by atoms with Crippen LogP contribution in [0.3, 0.4) is 0 Å². The summed E-state index contributed by atoms with van der Waals surface area (Å²) < 4.78 is 24.9. The predicted molar refractivity (Wildman–Crippen MR) is 73.8 cm³/mol. The molecule has 0 atom stereocenters. The summed E-state index contributed by atoms with van der Waals surface area (Å²) in [6.45, 7) is 6.62. The van der Waals surface area contributed by atoms with E-state index in [1.165, 1.54) is 18.4 Å². The van der Waals surface area contributed by atoms with Crippen molar-refractivity contribution >= 4 is 10.0 Å². The minimum absolute atomic E-state index is 0.149. The summed E-state index contributed by atoms with van der Waals surface area (Å²) in [6, 6.07) is 0. The zero-order valence-electron chi connectivity index (χ0n) is 12.2. The summed E-state index contributed by atoms with van der Waals surface area (Å²) in [7, 11) is -0.299. The lowest BCUT2D eigenvalue weighted by molar-refractivity contribution is -0.00749. The molecule has 1 aliphatic carbocycles. The van der Waals surface area contributed by atoms with Crippen molar-refractivity contribution in [2.24, 2.45) is 11.3 Å². The number of aliphatic hydroxyl groups is 1. The zero-order valence-corrected chi connectivity index (χ0v) is 13.0. The van der Waals surface area contributed by atoms with Gasteiger partial charge in [0.1, 0.15) is 0 Å². The Hall–Kier alpha value is -0.130. The van der Waals surface area contributed by atoms with E-state index < -0.39 is 15.6 Å². The molecule has 0 heterocycles. The van der Waals surface area contributed by atoms with Gasteiger partial charge in [0.05, 0.1) is 11.4 Å². The first-order valence-corrected chi connectivity index (χ1v) is 8.20. The van der Waals surface area contributed by atoms with Crippen molar-refractivity contribution in [3.05, 3.63) is 0 Å². The molecular weight excluding hydrogens is 250 g/mol. The van der Waals surface area contributed by atoms with Crippen molar-refractivity contribution in [1.29, 1.82) is 0 Å². The Kier molecular flexibility index (Phi) is 4.51. The molecule has 0 unspecified atom stereocenters. The Balaban J connectivity index is 2.66. The highest BCUT2D eigenvalue weighted by atomic mass is 32.2. The van der Waals surface area contributed by atoms with Crippen molar-refractivity contribution in [2.45, 2.75) is 52.1 Å². The van der Waals surface area contributed by atoms with Gasteiger partial charge in [-0.2, -0.15) is 0 Å². The molecule has 0 aromatic carbocycles. The molecule has 1 saturated carbocycles. The first-order valence-electron chi connectivity index (χ1n) is 6.59. The van der Waals surface area contributed by atoms with Crippen molar-refractivity contribution in [3.63, 3.8) is 0 Å². The van der Waals surface area contributed by atoms with Crippen molar-refractivity contribution in [1.82, 2.24) is 4.31 Å². The monoisotopic (exact) mass is 277 g/mol. The topological polar surface area (TPSA) is 57.6 Å². The Morgan fingerprint density at radius 1 is 1.22 bits per heavy atom. The molecule has 0 aromatic heterocycles. The summed E-state index contributed by atoms with van der Waals surface area (Å²) in [6.07, 6.45) is 2.98. The number of sulfonamides is 1. The lowest BCUT2D eigenvalue weighted by Gasteiger charge is -2.41. The molecule has 0 amide bonds. The van der Waals surface area contributed by atoms with Crippen molar-refractivity contribution < 1.29 is 13.5 Å². The smallest absolute Gasteiger partial charge is 0.216 e. The first kappa shape index (κ1) is 15.9. The van der Waals surface area contributed by atoms with Crippen LogP contribution in [0, 0.1) is 11.3 Å². The second-order valence-corrected chi connectivity index (χ2v) is 9.09. The molecule has 0 saturated heterocycles. The Morgan fingerprint density at radius 3 is 2.00 bits per heavy atom. The molecular formula is C13H27NO3S. The highest BCUT2D eigenvalue weighted by Gasteiger charge is 2.40. The molecule has 4 nitrogen and oxygen atoms in total. The van der Waals surface area contributed by atoms with Crippen LogP contribution in [0.15, 0.2) is 0 Å². The second kappa shape index (κ2) is 5.10. The van der Waals surface area contributed by atoms with E-state index in [0.29, 0.717) is 18.8 Å². The van der Waals surface area contributed by atoms with E-state index in [1.54, 1.807) is 0 Å². The fourth-order valence-corrected chi connectivity index (χ4v) is 3.86. The van der Waals surface area contributed by atoms with Crippen LogP contribution in [0.4, 0.5) is 0 Å². The minimum Gasteiger partial charge on any atom is -0.389 e. The van der Waals surface area contributed by atoms with Gasteiger partial charge in [-0.3, -0.25) is 0 Å². The maximum absolute atomic E-state index is 11.8. The van der Waals surface area contributed by atoms with E-state index in [1.807, 2.05) is 0 Å². The molecule has 18 heavy (non-hydrogen) atoms. The fraction of sp³-hybridized carbons (Fsp3) is 1.00. The van der Waals surface area contributed by atoms with Gasteiger partial charge < -0.3 is 5.11 Å². The van der Waals surface area contributed by atoms with Gasteiger partial charge >= 0.3 is 0 Å². The van der Waals surface area contributed by atoms with Crippen molar-refractivity contribution in [3.8, 4) is 0 Å². The Morgan fingerprint density at radius 2 is 1.67 bits per heavy atom. The molecule has 1 aliphatic rings. The van der Waals surface area contributed by atoms with Crippen LogP contribution in [-0.4, -0.2) is 43.3 Å². The molecule has 1 N–H and O–H groups in total. The highest BCUT2D eigenvalue weighted by molar-refractivity contribution is 7.89. The van der Waals surface area contributed by atoms with Crippen LogP contribution in [0.2, 0.25) is 0 Å². The van der Waals surface area contributed by atoms with E-state index in [4.69, 9.17) is 0 Å². The minimum atomic E-state index is -3.33. The third kappa shape index (κ3) is 3.93. The van der Waals surface area contributed by atoms with Crippen molar-refractivity contribution in [2.75, 3.05) is 19.8 Å². The van der Waals surface area contributed by atoms with E-state index in [-0.39, 0.29) is 11.2 Å². The molecule has 0 radical (unpaired) electrons.